The van der Waals surface area contributed by atoms with Gasteiger partial charge in [-0.15, -0.1) is 0 Å². The molecule has 7 nitrogen and oxygen atoms in total. The molecule has 0 spiro atoms. The van der Waals surface area contributed by atoms with E-state index in [0.717, 1.165) is 5.69 Å². The first-order chi connectivity index (χ1) is 10.5. The summed E-state index contributed by atoms with van der Waals surface area (Å²) < 4.78 is 17.3. The SMILES string of the molecule is COc1cc(C(=O)Nc2cc(C)nn2C)cc(OC)c1OC. The van der Waals surface area contributed by atoms with Gasteiger partial charge in [-0.25, -0.2) is 0 Å². The molecular formula is C15H19N3O4. The molecule has 22 heavy (non-hydrogen) atoms. The van der Waals surface area contributed by atoms with Crippen molar-refractivity contribution < 1.29 is 19.0 Å². The van der Waals surface area contributed by atoms with Crippen LogP contribution in [0.1, 0.15) is 16.1 Å². The van der Waals surface area contributed by atoms with Gasteiger partial charge in [0.2, 0.25) is 5.75 Å². The van der Waals surface area contributed by atoms with Gasteiger partial charge in [0, 0.05) is 18.7 Å². The van der Waals surface area contributed by atoms with Crippen molar-refractivity contribution in [1.29, 1.82) is 0 Å². The summed E-state index contributed by atoms with van der Waals surface area (Å²) in [5.41, 5.74) is 1.22. The Morgan fingerprint density at radius 2 is 1.68 bits per heavy atom. The molecule has 0 aliphatic rings. The van der Waals surface area contributed by atoms with Crippen LogP contribution in [0.15, 0.2) is 18.2 Å². The van der Waals surface area contributed by atoms with Crippen LogP contribution in [0.3, 0.4) is 0 Å². The molecule has 1 N–H and O–H groups in total. The molecule has 0 saturated heterocycles. The molecule has 0 aliphatic heterocycles. The first kappa shape index (κ1) is 15.7. The maximum Gasteiger partial charge on any atom is 0.257 e. The van der Waals surface area contributed by atoms with Crippen molar-refractivity contribution in [3.8, 4) is 17.2 Å². The van der Waals surface area contributed by atoms with Gasteiger partial charge in [0.15, 0.2) is 11.5 Å². The van der Waals surface area contributed by atoms with Gasteiger partial charge in [0.05, 0.1) is 27.0 Å². The normalized spacial score (nSPS) is 10.2. The number of nitrogens with one attached hydrogen (secondary N) is 1. The summed E-state index contributed by atoms with van der Waals surface area (Å²) in [7, 11) is 6.28. The molecule has 118 valence electrons. The molecule has 0 aliphatic carbocycles. The van der Waals surface area contributed by atoms with Crippen LogP contribution < -0.4 is 19.5 Å². The fourth-order valence-electron chi connectivity index (χ4n) is 2.13. The number of ether oxygens (including phenoxy) is 3. The van der Waals surface area contributed by atoms with E-state index < -0.39 is 0 Å². The van der Waals surface area contributed by atoms with Crippen molar-refractivity contribution in [1.82, 2.24) is 9.78 Å². The number of rotatable bonds is 5. The lowest BCUT2D eigenvalue weighted by Crippen LogP contribution is -2.15. The largest absolute Gasteiger partial charge is 0.493 e. The molecular weight excluding hydrogens is 286 g/mol. The average molecular weight is 305 g/mol. The van der Waals surface area contributed by atoms with E-state index in [4.69, 9.17) is 14.2 Å². The Morgan fingerprint density at radius 3 is 2.09 bits per heavy atom. The van der Waals surface area contributed by atoms with Gasteiger partial charge in [0.1, 0.15) is 5.82 Å². The standard InChI is InChI=1S/C15H19N3O4/c1-9-6-13(18(2)17-9)16-15(19)10-7-11(20-3)14(22-5)12(8-10)21-4/h6-8H,1-5H3,(H,16,19). The van der Waals surface area contributed by atoms with Crippen LogP contribution in [0.4, 0.5) is 5.82 Å². The number of carbonyl (C=O) groups is 1. The maximum atomic E-state index is 12.4. The minimum Gasteiger partial charge on any atom is -0.493 e. The molecule has 1 amide bonds. The van der Waals surface area contributed by atoms with Crippen LogP contribution in [-0.4, -0.2) is 37.0 Å². The van der Waals surface area contributed by atoms with E-state index in [-0.39, 0.29) is 5.91 Å². The summed E-state index contributed by atoms with van der Waals surface area (Å²) in [5, 5.41) is 6.98. The first-order valence-electron chi connectivity index (χ1n) is 6.62. The molecule has 1 heterocycles. The second kappa shape index (κ2) is 6.38. The van der Waals surface area contributed by atoms with Crippen LogP contribution in [0.5, 0.6) is 17.2 Å². The zero-order chi connectivity index (χ0) is 16.3. The molecule has 0 atom stereocenters. The van der Waals surface area contributed by atoms with Crippen molar-refractivity contribution in [2.24, 2.45) is 7.05 Å². The van der Waals surface area contributed by atoms with Crippen molar-refractivity contribution in [2.45, 2.75) is 6.92 Å². The second-order valence-corrected chi connectivity index (χ2v) is 4.66. The summed E-state index contributed by atoms with van der Waals surface area (Å²) in [4.78, 5) is 12.4. The maximum absolute atomic E-state index is 12.4. The highest BCUT2D eigenvalue weighted by Crippen LogP contribution is 2.38. The number of hydrogen-bond acceptors (Lipinski definition) is 5. The molecule has 1 aromatic carbocycles. The van der Waals surface area contributed by atoms with Gasteiger partial charge in [-0.05, 0) is 19.1 Å². The first-order valence-corrected chi connectivity index (χ1v) is 6.62. The van der Waals surface area contributed by atoms with E-state index in [1.165, 1.54) is 21.3 Å². The molecule has 0 fully saturated rings. The van der Waals surface area contributed by atoms with Crippen molar-refractivity contribution >= 4 is 11.7 Å². The van der Waals surface area contributed by atoms with Crippen molar-refractivity contribution in [2.75, 3.05) is 26.6 Å². The monoisotopic (exact) mass is 305 g/mol. The highest BCUT2D eigenvalue weighted by Gasteiger charge is 2.17. The number of benzene rings is 1. The van der Waals surface area contributed by atoms with Crippen LogP contribution in [0.2, 0.25) is 0 Å². The molecule has 7 heteroatoms. The Bertz CT molecular complexity index is 669. The predicted octanol–water partition coefficient (Wildman–Crippen LogP) is 2.01. The Labute approximate surface area is 128 Å². The Morgan fingerprint density at radius 1 is 1.09 bits per heavy atom. The van der Waals surface area contributed by atoms with E-state index in [9.17, 15) is 4.79 Å². The zero-order valence-corrected chi connectivity index (χ0v) is 13.3. The van der Waals surface area contributed by atoms with Gasteiger partial charge >= 0.3 is 0 Å². The topological polar surface area (TPSA) is 74.6 Å². The summed E-state index contributed by atoms with van der Waals surface area (Å²) in [6.45, 7) is 1.86. The Kier molecular flexibility index (Phi) is 4.55. The van der Waals surface area contributed by atoms with Gasteiger partial charge in [0.25, 0.3) is 5.91 Å². The van der Waals surface area contributed by atoms with Crippen LogP contribution in [-0.2, 0) is 7.05 Å². The molecule has 2 rings (SSSR count). The molecule has 0 radical (unpaired) electrons. The summed E-state index contributed by atoms with van der Waals surface area (Å²) in [5.74, 6) is 1.61. The average Bonchev–Trinajstić information content (AvgIpc) is 2.83. The molecule has 2 aromatic rings. The number of anilines is 1. The van der Waals surface area contributed by atoms with Gasteiger partial charge in [-0.3, -0.25) is 9.48 Å². The number of aryl methyl sites for hydroxylation is 2. The summed E-state index contributed by atoms with van der Waals surface area (Å²) in [6.07, 6.45) is 0. The third kappa shape index (κ3) is 2.98. The quantitative estimate of drug-likeness (QED) is 0.914. The molecule has 0 bridgehead atoms. The zero-order valence-electron chi connectivity index (χ0n) is 13.3. The van der Waals surface area contributed by atoms with E-state index >= 15 is 0 Å². The predicted molar refractivity (Wildman–Crippen MR) is 82.0 cm³/mol. The highest BCUT2D eigenvalue weighted by molar-refractivity contribution is 6.04. The fourth-order valence-corrected chi connectivity index (χ4v) is 2.13. The lowest BCUT2D eigenvalue weighted by Gasteiger charge is -2.14. The number of amides is 1. The minimum absolute atomic E-state index is 0.290. The Hall–Kier alpha value is -2.70. The number of hydrogen-bond donors (Lipinski definition) is 1. The second-order valence-electron chi connectivity index (χ2n) is 4.66. The molecule has 0 unspecified atom stereocenters. The van der Waals surface area contributed by atoms with Crippen LogP contribution in [0.25, 0.3) is 0 Å². The van der Waals surface area contributed by atoms with Crippen molar-refractivity contribution in [3.63, 3.8) is 0 Å². The summed E-state index contributed by atoms with van der Waals surface area (Å²) in [6, 6.07) is 4.98. The van der Waals surface area contributed by atoms with Gasteiger partial charge in [-0.1, -0.05) is 0 Å². The third-order valence-corrected chi connectivity index (χ3v) is 3.17. The number of aromatic nitrogens is 2. The van der Waals surface area contributed by atoms with E-state index in [0.29, 0.717) is 28.6 Å². The van der Waals surface area contributed by atoms with Crippen molar-refractivity contribution in [3.05, 3.63) is 29.5 Å². The number of nitrogens with zero attached hydrogens (tertiary/aromatic N) is 2. The van der Waals surface area contributed by atoms with Crippen LogP contribution in [0, 0.1) is 6.92 Å². The van der Waals surface area contributed by atoms with Crippen LogP contribution >= 0.6 is 0 Å². The molecule has 0 saturated carbocycles. The Balaban J connectivity index is 2.35. The van der Waals surface area contributed by atoms with Gasteiger partial charge < -0.3 is 19.5 Å². The number of methoxy groups -OCH3 is 3. The molecule has 1 aromatic heterocycles. The van der Waals surface area contributed by atoms with E-state index in [1.54, 1.807) is 29.9 Å². The van der Waals surface area contributed by atoms with E-state index in [1.807, 2.05) is 6.92 Å². The number of carbonyl (C=O) groups excluding carboxylic acids is 1. The fraction of sp³-hybridized carbons (Fsp3) is 0.333. The smallest absolute Gasteiger partial charge is 0.257 e. The van der Waals surface area contributed by atoms with Gasteiger partial charge in [-0.2, -0.15) is 5.10 Å². The lowest BCUT2D eigenvalue weighted by atomic mass is 10.1. The summed E-state index contributed by atoms with van der Waals surface area (Å²) >= 11 is 0. The van der Waals surface area contributed by atoms with E-state index in [2.05, 4.69) is 10.4 Å². The lowest BCUT2D eigenvalue weighted by molar-refractivity contribution is 0.102. The minimum atomic E-state index is -0.290. The highest BCUT2D eigenvalue weighted by atomic mass is 16.5. The third-order valence-electron chi connectivity index (χ3n) is 3.17.